The Morgan fingerprint density at radius 2 is 2.21 bits per heavy atom. The minimum atomic E-state index is -1.68. The predicted octanol–water partition coefficient (Wildman–Crippen LogP) is 0.653. The van der Waals surface area contributed by atoms with Gasteiger partial charge in [-0.25, -0.2) is 9.59 Å². The normalized spacial score (nSPS) is 12.1. The van der Waals surface area contributed by atoms with Gasteiger partial charge in [-0.1, -0.05) is 0 Å². The van der Waals surface area contributed by atoms with E-state index < -0.39 is 18.0 Å². The number of aliphatic hydroxyl groups excluding tert-OH is 1. The van der Waals surface area contributed by atoms with Crippen molar-refractivity contribution >= 4 is 23.3 Å². The van der Waals surface area contributed by atoms with Crippen LogP contribution in [-0.2, 0) is 9.53 Å². The number of hydrogen-bond donors (Lipinski definition) is 2. The van der Waals surface area contributed by atoms with Crippen LogP contribution >= 0.6 is 11.3 Å². The van der Waals surface area contributed by atoms with E-state index in [-0.39, 0.29) is 10.4 Å². The highest BCUT2D eigenvalue weighted by Crippen LogP contribution is 2.24. The van der Waals surface area contributed by atoms with Crippen molar-refractivity contribution < 1.29 is 24.5 Å². The van der Waals surface area contributed by atoms with Gasteiger partial charge in [0.15, 0.2) is 6.10 Å². The van der Waals surface area contributed by atoms with E-state index in [1.807, 2.05) is 0 Å². The molecule has 1 atom stereocenters. The van der Waals surface area contributed by atoms with E-state index in [4.69, 9.17) is 5.11 Å². The number of aliphatic hydroxyl groups is 1. The van der Waals surface area contributed by atoms with Gasteiger partial charge < -0.3 is 14.9 Å². The number of carbonyl (C=O) groups is 2. The summed E-state index contributed by atoms with van der Waals surface area (Å²) in [6, 6.07) is 1.38. The van der Waals surface area contributed by atoms with Crippen molar-refractivity contribution in [1.82, 2.24) is 0 Å². The Morgan fingerprint density at radius 3 is 2.71 bits per heavy atom. The molecule has 0 saturated heterocycles. The second-order valence-corrected chi connectivity index (χ2v) is 3.35. The SMILES string of the molecule is COC(=O)c1sccc1C(O)C(=O)O. The van der Waals surface area contributed by atoms with E-state index in [0.29, 0.717) is 0 Å². The number of rotatable bonds is 3. The summed E-state index contributed by atoms with van der Waals surface area (Å²) < 4.78 is 4.43. The van der Waals surface area contributed by atoms with Gasteiger partial charge in [0.25, 0.3) is 0 Å². The first kappa shape index (κ1) is 10.7. The highest BCUT2D eigenvalue weighted by atomic mass is 32.1. The zero-order valence-corrected chi connectivity index (χ0v) is 8.08. The average molecular weight is 216 g/mol. The number of thiophene rings is 1. The van der Waals surface area contributed by atoms with Crippen molar-refractivity contribution in [1.29, 1.82) is 0 Å². The van der Waals surface area contributed by atoms with Crippen LogP contribution in [0, 0.1) is 0 Å². The molecule has 14 heavy (non-hydrogen) atoms. The molecule has 0 saturated carbocycles. The second kappa shape index (κ2) is 4.21. The lowest BCUT2D eigenvalue weighted by Gasteiger charge is -2.05. The Bertz CT molecular complexity index is 356. The first-order valence-corrected chi connectivity index (χ1v) is 4.52. The number of carboxylic acids is 1. The molecule has 1 unspecified atom stereocenters. The molecule has 0 aliphatic carbocycles. The number of methoxy groups -OCH3 is 1. The largest absolute Gasteiger partial charge is 0.479 e. The third-order valence-corrected chi connectivity index (χ3v) is 2.51. The topological polar surface area (TPSA) is 83.8 Å². The number of esters is 1. The Morgan fingerprint density at radius 1 is 1.57 bits per heavy atom. The Balaban J connectivity index is 3.04. The van der Waals surface area contributed by atoms with Gasteiger partial charge in [-0.3, -0.25) is 0 Å². The summed E-state index contributed by atoms with van der Waals surface area (Å²) in [4.78, 5) is 21.7. The zero-order valence-electron chi connectivity index (χ0n) is 7.26. The third-order valence-electron chi connectivity index (χ3n) is 1.59. The van der Waals surface area contributed by atoms with E-state index in [0.717, 1.165) is 11.3 Å². The maximum atomic E-state index is 11.1. The summed E-state index contributed by atoms with van der Waals surface area (Å²) in [5.74, 6) is -2.04. The second-order valence-electron chi connectivity index (χ2n) is 2.44. The van der Waals surface area contributed by atoms with Gasteiger partial charge in [-0.2, -0.15) is 0 Å². The fourth-order valence-corrected chi connectivity index (χ4v) is 1.77. The van der Waals surface area contributed by atoms with Crippen molar-refractivity contribution in [3.05, 3.63) is 21.9 Å². The van der Waals surface area contributed by atoms with E-state index in [2.05, 4.69) is 4.74 Å². The van der Waals surface area contributed by atoms with Crippen LogP contribution < -0.4 is 0 Å². The predicted molar refractivity (Wildman–Crippen MR) is 48.3 cm³/mol. The molecule has 1 rings (SSSR count). The van der Waals surface area contributed by atoms with Crippen molar-refractivity contribution in [3.63, 3.8) is 0 Å². The fourth-order valence-electron chi connectivity index (χ4n) is 0.926. The number of carbonyl (C=O) groups excluding carboxylic acids is 1. The maximum Gasteiger partial charge on any atom is 0.348 e. The van der Waals surface area contributed by atoms with Crippen LogP contribution in [0.2, 0.25) is 0 Å². The molecule has 5 nitrogen and oxygen atoms in total. The highest BCUT2D eigenvalue weighted by Gasteiger charge is 2.24. The number of aliphatic carboxylic acids is 1. The summed E-state index contributed by atoms with van der Waals surface area (Å²) in [5.41, 5.74) is 0.0642. The number of hydrogen-bond acceptors (Lipinski definition) is 5. The van der Waals surface area contributed by atoms with Gasteiger partial charge in [0.2, 0.25) is 0 Å². The minimum Gasteiger partial charge on any atom is -0.479 e. The first-order chi connectivity index (χ1) is 6.57. The maximum absolute atomic E-state index is 11.1. The van der Waals surface area contributed by atoms with E-state index in [1.54, 1.807) is 0 Å². The molecule has 1 aromatic rings. The van der Waals surface area contributed by atoms with Crippen LogP contribution in [0.1, 0.15) is 21.3 Å². The summed E-state index contributed by atoms with van der Waals surface area (Å²) in [5, 5.41) is 19.3. The van der Waals surface area contributed by atoms with E-state index in [1.165, 1.54) is 18.6 Å². The summed E-state index contributed by atoms with van der Waals surface area (Å²) in [6.45, 7) is 0. The first-order valence-electron chi connectivity index (χ1n) is 3.64. The van der Waals surface area contributed by atoms with Crippen LogP contribution in [-0.4, -0.2) is 29.3 Å². The van der Waals surface area contributed by atoms with Gasteiger partial charge >= 0.3 is 11.9 Å². The molecule has 6 heteroatoms. The Labute approximate surface area is 83.6 Å². The smallest absolute Gasteiger partial charge is 0.348 e. The van der Waals surface area contributed by atoms with Gasteiger partial charge in [0.1, 0.15) is 4.88 Å². The van der Waals surface area contributed by atoms with Gasteiger partial charge in [-0.15, -0.1) is 11.3 Å². The average Bonchev–Trinajstić information content (AvgIpc) is 2.63. The third kappa shape index (κ3) is 1.91. The summed E-state index contributed by atoms with van der Waals surface area (Å²) >= 11 is 1.03. The molecule has 0 aromatic carbocycles. The molecule has 76 valence electrons. The lowest BCUT2D eigenvalue weighted by atomic mass is 10.1. The Kier molecular flexibility index (Phi) is 3.21. The summed E-state index contributed by atoms with van der Waals surface area (Å²) in [7, 11) is 1.19. The number of carboxylic acid groups (broad SMARTS) is 1. The fraction of sp³-hybridized carbons (Fsp3) is 0.250. The zero-order chi connectivity index (χ0) is 10.7. The van der Waals surface area contributed by atoms with Crippen molar-refractivity contribution in [3.8, 4) is 0 Å². The van der Waals surface area contributed by atoms with Crippen LogP contribution in [0.3, 0.4) is 0 Å². The quantitative estimate of drug-likeness (QED) is 0.725. The minimum absolute atomic E-state index is 0.0642. The molecule has 1 heterocycles. The molecular weight excluding hydrogens is 208 g/mol. The molecule has 0 fully saturated rings. The van der Waals surface area contributed by atoms with Gasteiger partial charge in [0, 0.05) is 5.56 Å². The molecule has 2 N–H and O–H groups in total. The van der Waals surface area contributed by atoms with Crippen LogP contribution in [0.5, 0.6) is 0 Å². The molecule has 0 radical (unpaired) electrons. The van der Waals surface area contributed by atoms with Gasteiger partial charge in [-0.05, 0) is 11.4 Å². The molecular formula is C8H8O5S. The monoisotopic (exact) mass is 216 g/mol. The van der Waals surface area contributed by atoms with Gasteiger partial charge in [0.05, 0.1) is 7.11 Å². The molecule has 0 spiro atoms. The van der Waals surface area contributed by atoms with Crippen LogP contribution in [0.25, 0.3) is 0 Å². The standard InChI is InChI=1S/C8H8O5S/c1-13-8(12)6-4(2-3-14-6)5(9)7(10)11/h2-3,5,9H,1H3,(H,10,11). The van der Waals surface area contributed by atoms with E-state index >= 15 is 0 Å². The van der Waals surface area contributed by atoms with Crippen molar-refractivity contribution in [2.75, 3.05) is 7.11 Å². The van der Waals surface area contributed by atoms with Crippen LogP contribution in [0.15, 0.2) is 11.4 Å². The molecule has 0 aliphatic heterocycles. The van der Waals surface area contributed by atoms with Crippen molar-refractivity contribution in [2.24, 2.45) is 0 Å². The highest BCUT2D eigenvalue weighted by molar-refractivity contribution is 7.12. The van der Waals surface area contributed by atoms with Crippen molar-refractivity contribution in [2.45, 2.75) is 6.10 Å². The molecule has 1 aromatic heterocycles. The molecule has 0 bridgehead atoms. The lowest BCUT2D eigenvalue weighted by Crippen LogP contribution is -2.13. The van der Waals surface area contributed by atoms with Crippen LogP contribution in [0.4, 0.5) is 0 Å². The molecule has 0 aliphatic rings. The summed E-state index contributed by atoms with van der Waals surface area (Å²) in [6.07, 6.45) is -1.68. The van der Waals surface area contributed by atoms with E-state index in [9.17, 15) is 14.7 Å². The lowest BCUT2D eigenvalue weighted by molar-refractivity contribution is -0.146. The Hall–Kier alpha value is -1.40. The molecule has 0 amide bonds. The number of ether oxygens (including phenoxy) is 1.